The van der Waals surface area contributed by atoms with Crippen molar-refractivity contribution in [1.29, 1.82) is 0 Å². The Balaban J connectivity index is 1.54. The van der Waals surface area contributed by atoms with Crippen molar-refractivity contribution in [3.05, 3.63) is 42.1 Å². The van der Waals surface area contributed by atoms with Gasteiger partial charge >= 0.3 is 6.01 Å². The monoisotopic (exact) mass is 464 g/mol. The lowest BCUT2D eigenvalue weighted by atomic mass is 10.1. The number of ether oxygens (including phenoxy) is 1. The Morgan fingerprint density at radius 2 is 1.94 bits per heavy atom. The fourth-order valence-corrected chi connectivity index (χ4v) is 4.49. The standard InChI is InChI=1S/C23H25FN8O2/c1-12-9-32(10-13(2)27-12)21-16-7-26-23(34-4)29-20(16)17(8-25-21)22(33)28-15-5-14-11-31(3)30-19(14)18(24)6-15/h5-8,11-13,27H,9-10H2,1-4H3,(H,28,33)/t12-,13-/m0/s1. The summed E-state index contributed by atoms with van der Waals surface area (Å²) in [5.41, 5.74) is 1.21. The summed E-state index contributed by atoms with van der Waals surface area (Å²) in [6.45, 7) is 5.75. The first-order valence-corrected chi connectivity index (χ1v) is 11.0. The number of methoxy groups -OCH3 is 1. The topological polar surface area (TPSA) is 110 Å². The second kappa shape index (κ2) is 8.49. The number of carbonyl (C=O) groups is 1. The molecule has 2 atom stereocenters. The van der Waals surface area contributed by atoms with Gasteiger partial charge in [-0.25, -0.2) is 14.4 Å². The van der Waals surface area contributed by atoms with Crippen LogP contribution in [-0.2, 0) is 7.05 Å². The number of benzene rings is 1. The molecule has 1 amide bonds. The summed E-state index contributed by atoms with van der Waals surface area (Å²) < 4.78 is 21.2. The van der Waals surface area contributed by atoms with Gasteiger partial charge in [-0.3, -0.25) is 9.48 Å². The smallest absolute Gasteiger partial charge is 0.316 e. The molecular weight excluding hydrogens is 439 g/mol. The van der Waals surface area contributed by atoms with E-state index in [9.17, 15) is 9.18 Å². The number of aromatic nitrogens is 5. The molecule has 4 heterocycles. The molecule has 10 nitrogen and oxygen atoms in total. The van der Waals surface area contributed by atoms with E-state index in [4.69, 9.17) is 4.74 Å². The minimum absolute atomic E-state index is 0.142. The van der Waals surface area contributed by atoms with E-state index < -0.39 is 11.7 Å². The molecule has 5 rings (SSSR count). The zero-order valence-corrected chi connectivity index (χ0v) is 19.3. The summed E-state index contributed by atoms with van der Waals surface area (Å²) >= 11 is 0. The summed E-state index contributed by atoms with van der Waals surface area (Å²) in [5, 5.41) is 11.6. The Kier molecular flexibility index (Phi) is 5.48. The first kappa shape index (κ1) is 22.0. The number of amides is 1. The van der Waals surface area contributed by atoms with Crippen LogP contribution in [0.3, 0.4) is 0 Å². The number of aryl methyl sites for hydroxylation is 1. The summed E-state index contributed by atoms with van der Waals surface area (Å²) in [6, 6.07) is 3.62. The van der Waals surface area contributed by atoms with Crippen molar-refractivity contribution in [1.82, 2.24) is 30.0 Å². The highest BCUT2D eigenvalue weighted by Crippen LogP contribution is 2.29. The van der Waals surface area contributed by atoms with Crippen LogP contribution in [0.5, 0.6) is 6.01 Å². The van der Waals surface area contributed by atoms with Gasteiger partial charge in [0.05, 0.1) is 23.6 Å². The SMILES string of the molecule is COc1ncc2c(N3C[C@H](C)N[C@@H](C)C3)ncc(C(=O)Nc3cc(F)c4nn(C)cc4c3)c2n1. The Hall–Kier alpha value is -3.86. The highest BCUT2D eigenvalue weighted by Gasteiger charge is 2.26. The number of carbonyl (C=O) groups excluding carboxylic acids is 1. The lowest BCUT2D eigenvalue weighted by molar-refractivity contribution is 0.102. The predicted octanol–water partition coefficient (Wildman–Crippen LogP) is 2.50. The third kappa shape index (κ3) is 3.98. The zero-order chi connectivity index (χ0) is 24.0. The summed E-state index contributed by atoms with van der Waals surface area (Å²) in [5.74, 6) is -0.274. The normalized spacial score (nSPS) is 18.4. The van der Waals surface area contributed by atoms with E-state index in [-0.39, 0.29) is 29.2 Å². The van der Waals surface area contributed by atoms with Crippen LogP contribution in [0.1, 0.15) is 24.2 Å². The Labute approximate surface area is 195 Å². The van der Waals surface area contributed by atoms with Crippen molar-refractivity contribution in [2.45, 2.75) is 25.9 Å². The van der Waals surface area contributed by atoms with E-state index in [1.807, 2.05) is 0 Å². The molecule has 0 aliphatic carbocycles. The number of halogens is 1. The van der Waals surface area contributed by atoms with Gasteiger partial charge in [0.1, 0.15) is 11.3 Å². The Bertz CT molecular complexity index is 1400. The molecule has 34 heavy (non-hydrogen) atoms. The number of hydrogen-bond donors (Lipinski definition) is 2. The van der Waals surface area contributed by atoms with Gasteiger partial charge in [-0.05, 0) is 26.0 Å². The molecule has 4 aromatic rings. The molecule has 0 spiro atoms. The van der Waals surface area contributed by atoms with E-state index in [1.165, 1.54) is 24.1 Å². The van der Waals surface area contributed by atoms with E-state index in [0.717, 1.165) is 13.1 Å². The molecule has 2 N–H and O–H groups in total. The third-order valence-electron chi connectivity index (χ3n) is 5.80. The number of rotatable bonds is 4. The number of nitrogens with zero attached hydrogens (tertiary/aromatic N) is 6. The maximum absolute atomic E-state index is 14.5. The van der Waals surface area contributed by atoms with Gasteiger partial charge < -0.3 is 20.3 Å². The molecule has 3 aromatic heterocycles. The third-order valence-corrected chi connectivity index (χ3v) is 5.80. The van der Waals surface area contributed by atoms with Gasteiger partial charge in [-0.1, -0.05) is 0 Å². The number of hydrogen-bond acceptors (Lipinski definition) is 8. The largest absolute Gasteiger partial charge is 0.467 e. The van der Waals surface area contributed by atoms with Crippen molar-refractivity contribution in [2.75, 3.05) is 30.4 Å². The lowest BCUT2D eigenvalue weighted by Crippen LogP contribution is -2.54. The molecule has 0 radical (unpaired) electrons. The van der Waals surface area contributed by atoms with Gasteiger partial charge in [-0.2, -0.15) is 10.1 Å². The first-order valence-electron chi connectivity index (χ1n) is 11.0. The van der Waals surface area contributed by atoms with Gasteiger partial charge in [0.25, 0.3) is 5.91 Å². The summed E-state index contributed by atoms with van der Waals surface area (Å²) in [6.07, 6.45) is 4.81. The van der Waals surface area contributed by atoms with Crippen molar-refractivity contribution < 1.29 is 13.9 Å². The minimum atomic E-state index is -0.516. The van der Waals surface area contributed by atoms with Crippen LogP contribution in [0.15, 0.2) is 30.7 Å². The molecule has 0 saturated carbocycles. The average molecular weight is 465 g/mol. The van der Waals surface area contributed by atoms with Gasteiger partial charge in [0, 0.05) is 61.9 Å². The van der Waals surface area contributed by atoms with Crippen LogP contribution < -0.4 is 20.3 Å². The molecule has 176 valence electrons. The van der Waals surface area contributed by atoms with Crippen molar-refractivity contribution >= 4 is 39.2 Å². The molecule has 1 aliphatic rings. The predicted molar refractivity (Wildman–Crippen MR) is 127 cm³/mol. The Morgan fingerprint density at radius 1 is 1.18 bits per heavy atom. The maximum atomic E-state index is 14.5. The van der Waals surface area contributed by atoms with Crippen molar-refractivity contribution in [3.63, 3.8) is 0 Å². The average Bonchev–Trinajstić information content (AvgIpc) is 3.18. The molecule has 1 fully saturated rings. The number of fused-ring (bicyclic) bond motifs is 2. The Morgan fingerprint density at radius 3 is 2.68 bits per heavy atom. The number of pyridine rings is 1. The number of nitrogens with one attached hydrogen (secondary N) is 2. The zero-order valence-electron chi connectivity index (χ0n) is 19.3. The quantitative estimate of drug-likeness (QED) is 0.474. The van der Waals surface area contributed by atoms with Crippen molar-refractivity contribution in [3.8, 4) is 6.01 Å². The van der Waals surface area contributed by atoms with E-state index in [2.05, 4.69) is 49.4 Å². The van der Waals surface area contributed by atoms with Crippen LogP contribution in [0.25, 0.3) is 21.8 Å². The van der Waals surface area contributed by atoms with Crippen LogP contribution in [0.2, 0.25) is 0 Å². The van der Waals surface area contributed by atoms with Crippen LogP contribution in [0.4, 0.5) is 15.9 Å². The molecule has 1 aliphatic heterocycles. The molecule has 1 aromatic carbocycles. The fraction of sp³-hybridized carbons (Fsp3) is 0.348. The van der Waals surface area contributed by atoms with Crippen LogP contribution in [-0.4, -0.2) is 62.9 Å². The first-order chi connectivity index (χ1) is 16.3. The second-order valence-electron chi connectivity index (χ2n) is 8.64. The van der Waals surface area contributed by atoms with Crippen LogP contribution >= 0.6 is 0 Å². The minimum Gasteiger partial charge on any atom is -0.467 e. The summed E-state index contributed by atoms with van der Waals surface area (Å²) in [4.78, 5) is 28.7. The van der Waals surface area contributed by atoms with Crippen molar-refractivity contribution in [2.24, 2.45) is 7.05 Å². The molecule has 0 bridgehead atoms. The maximum Gasteiger partial charge on any atom is 0.316 e. The number of anilines is 2. The molecule has 1 saturated heterocycles. The van der Waals surface area contributed by atoms with Gasteiger partial charge in [-0.15, -0.1) is 0 Å². The van der Waals surface area contributed by atoms with E-state index in [1.54, 1.807) is 25.5 Å². The highest BCUT2D eigenvalue weighted by atomic mass is 19.1. The van der Waals surface area contributed by atoms with E-state index >= 15 is 0 Å². The van der Waals surface area contributed by atoms with E-state index in [0.29, 0.717) is 27.8 Å². The summed E-state index contributed by atoms with van der Waals surface area (Å²) in [7, 11) is 3.18. The fourth-order valence-electron chi connectivity index (χ4n) is 4.49. The van der Waals surface area contributed by atoms with Gasteiger partial charge in [0.15, 0.2) is 5.82 Å². The van der Waals surface area contributed by atoms with Crippen LogP contribution in [0, 0.1) is 5.82 Å². The number of piperazine rings is 1. The molecule has 11 heteroatoms. The lowest BCUT2D eigenvalue weighted by Gasteiger charge is -2.37. The second-order valence-corrected chi connectivity index (χ2v) is 8.64. The van der Waals surface area contributed by atoms with Gasteiger partial charge in [0.2, 0.25) is 0 Å². The highest BCUT2D eigenvalue weighted by molar-refractivity contribution is 6.13. The molecule has 0 unspecified atom stereocenters. The molecular formula is C23H25FN8O2.